The van der Waals surface area contributed by atoms with Crippen molar-refractivity contribution in [2.75, 3.05) is 20.2 Å². The Morgan fingerprint density at radius 1 is 0.800 bits per heavy atom. The molecule has 3 aromatic carbocycles. The van der Waals surface area contributed by atoms with Gasteiger partial charge < -0.3 is 4.74 Å². The predicted octanol–water partition coefficient (Wildman–Crippen LogP) is 2.07. The molecular weight excluding hydrogens is 470 g/mol. The summed E-state index contributed by atoms with van der Waals surface area (Å²) in [6.45, 7) is 0.944. The number of nitrogens with zero attached hydrogens (tertiary/aromatic N) is 1. The quantitative estimate of drug-likeness (QED) is 0.346. The van der Waals surface area contributed by atoms with Gasteiger partial charge in [-0.1, -0.05) is 48.0 Å². The number of ether oxygens (including phenoxy) is 1. The fourth-order valence-electron chi connectivity index (χ4n) is 3.00. The van der Waals surface area contributed by atoms with E-state index in [0.717, 1.165) is 9.87 Å². The van der Waals surface area contributed by atoms with E-state index < -0.39 is 35.0 Å². The average Bonchev–Trinajstić information content (AvgIpc) is 2.87. The predicted molar refractivity (Wildman–Crippen MR) is 129 cm³/mol. The summed E-state index contributed by atoms with van der Waals surface area (Å²) in [5, 5.41) is 0. The summed E-state index contributed by atoms with van der Waals surface area (Å²) in [6.07, 6.45) is 0. The van der Waals surface area contributed by atoms with E-state index in [9.17, 15) is 22.8 Å². The molecule has 0 aliphatic heterocycles. The Labute approximate surface area is 203 Å². The van der Waals surface area contributed by atoms with Crippen LogP contribution in [0.3, 0.4) is 0 Å². The van der Waals surface area contributed by atoms with Gasteiger partial charge in [-0.3, -0.25) is 25.2 Å². The van der Waals surface area contributed by atoms with Crippen LogP contribution in [-0.4, -0.2) is 50.5 Å². The molecule has 0 unspecified atom stereocenters. The third-order valence-electron chi connectivity index (χ3n) is 4.96. The van der Waals surface area contributed by atoms with Crippen LogP contribution in [0, 0.1) is 6.92 Å². The molecule has 0 atom stereocenters. The second-order valence-electron chi connectivity index (χ2n) is 7.68. The highest BCUT2D eigenvalue weighted by atomic mass is 32.2. The second kappa shape index (κ2) is 11.4. The molecule has 0 radical (unpaired) electrons. The van der Waals surface area contributed by atoms with Gasteiger partial charge in [0.05, 0.1) is 11.4 Å². The van der Waals surface area contributed by atoms with Crippen LogP contribution in [0.1, 0.15) is 21.5 Å². The van der Waals surface area contributed by atoms with Crippen LogP contribution in [-0.2, 0) is 19.6 Å². The van der Waals surface area contributed by atoms with Gasteiger partial charge >= 0.3 is 0 Å². The first kappa shape index (κ1) is 25.6. The van der Waals surface area contributed by atoms with Gasteiger partial charge in [-0.05, 0) is 43.3 Å². The topological polar surface area (TPSA) is 122 Å². The van der Waals surface area contributed by atoms with E-state index in [1.54, 1.807) is 60.7 Å². The Bertz CT molecular complexity index is 1290. The van der Waals surface area contributed by atoms with Gasteiger partial charge in [-0.15, -0.1) is 0 Å². The zero-order chi connectivity index (χ0) is 25.4. The first-order valence-electron chi connectivity index (χ1n) is 10.6. The minimum absolute atomic E-state index is 0.0623. The van der Waals surface area contributed by atoms with E-state index in [1.165, 1.54) is 19.2 Å². The van der Waals surface area contributed by atoms with Crippen molar-refractivity contribution in [3.8, 4) is 5.75 Å². The average molecular weight is 496 g/mol. The van der Waals surface area contributed by atoms with Gasteiger partial charge in [-0.25, -0.2) is 8.42 Å². The van der Waals surface area contributed by atoms with E-state index in [4.69, 9.17) is 4.74 Å². The highest BCUT2D eigenvalue weighted by Gasteiger charge is 2.23. The van der Waals surface area contributed by atoms with Crippen LogP contribution in [0.2, 0.25) is 0 Å². The summed E-state index contributed by atoms with van der Waals surface area (Å²) in [5.41, 5.74) is 6.27. The third-order valence-corrected chi connectivity index (χ3v) is 6.78. The lowest BCUT2D eigenvalue weighted by atomic mass is 10.0. The first-order valence-corrected chi connectivity index (χ1v) is 12.0. The van der Waals surface area contributed by atoms with Crippen LogP contribution in [0.5, 0.6) is 5.75 Å². The molecule has 3 rings (SSSR count). The van der Waals surface area contributed by atoms with Crippen molar-refractivity contribution >= 4 is 27.6 Å². The number of carbonyl (C=O) groups is 3. The van der Waals surface area contributed by atoms with Gasteiger partial charge in [0.1, 0.15) is 5.75 Å². The molecule has 35 heavy (non-hydrogen) atoms. The number of sulfonamides is 1. The van der Waals surface area contributed by atoms with Crippen molar-refractivity contribution < 1.29 is 27.5 Å². The Morgan fingerprint density at radius 2 is 1.37 bits per heavy atom. The molecule has 0 aromatic heterocycles. The Balaban J connectivity index is 1.44. The van der Waals surface area contributed by atoms with E-state index in [-0.39, 0.29) is 10.7 Å². The number of hydrogen-bond acceptors (Lipinski definition) is 6. The maximum atomic E-state index is 12.5. The fraction of sp³-hybridized carbons (Fsp3) is 0.160. The standard InChI is InChI=1S/C25H25N3O6S/c1-18-8-14-22(15-9-18)35(32,33)28(2)16-23(29)26-27-24(30)17-34-21-12-10-20(11-13-21)25(31)19-6-4-3-5-7-19/h3-15H,16-17H2,1-2H3,(H,26,29)(H,27,30). The summed E-state index contributed by atoms with van der Waals surface area (Å²) in [5.74, 6) is -1.14. The molecule has 0 aliphatic carbocycles. The lowest BCUT2D eigenvalue weighted by Gasteiger charge is -2.17. The van der Waals surface area contributed by atoms with E-state index in [2.05, 4.69) is 10.9 Å². The van der Waals surface area contributed by atoms with Gasteiger partial charge in [0.2, 0.25) is 10.0 Å². The van der Waals surface area contributed by atoms with Crippen molar-refractivity contribution in [1.82, 2.24) is 15.2 Å². The molecular formula is C25H25N3O6S. The molecule has 182 valence electrons. The van der Waals surface area contributed by atoms with Gasteiger partial charge in [0.25, 0.3) is 11.8 Å². The fourth-order valence-corrected chi connectivity index (χ4v) is 4.13. The number of likely N-dealkylation sites (N-methyl/N-ethyl adjacent to an activating group) is 1. The van der Waals surface area contributed by atoms with Crippen LogP contribution in [0.4, 0.5) is 0 Å². The Kier molecular flexibility index (Phi) is 8.34. The molecule has 9 nitrogen and oxygen atoms in total. The summed E-state index contributed by atoms with van der Waals surface area (Å²) in [7, 11) is -2.58. The van der Waals surface area contributed by atoms with E-state index >= 15 is 0 Å². The van der Waals surface area contributed by atoms with Crippen LogP contribution >= 0.6 is 0 Å². The second-order valence-corrected chi connectivity index (χ2v) is 9.72. The minimum atomic E-state index is -3.85. The number of benzene rings is 3. The normalized spacial score (nSPS) is 11.1. The maximum Gasteiger partial charge on any atom is 0.276 e. The highest BCUT2D eigenvalue weighted by molar-refractivity contribution is 7.89. The molecule has 0 spiro atoms. The van der Waals surface area contributed by atoms with Crippen LogP contribution in [0.25, 0.3) is 0 Å². The number of aryl methyl sites for hydroxylation is 1. The molecule has 0 heterocycles. The van der Waals surface area contributed by atoms with Crippen molar-refractivity contribution in [2.45, 2.75) is 11.8 Å². The zero-order valence-corrected chi connectivity index (χ0v) is 20.0. The molecule has 2 amide bonds. The lowest BCUT2D eigenvalue weighted by molar-refractivity contribution is -0.130. The summed E-state index contributed by atoms with van der Waals surface area (Å²) >= 11 is 0. The number of hydrogen-bond donors (Lipinski definition) is 2. The Hall–Kier alpha value is -4.02. The number of carbonyl (C=O) groups excluding carboxylic acids is 3. The molecule has 10 heteroatoms. The smallest absolute Gasteiger partial charge is 0.276 e. The Morgan fingerprint density at radius 3 is 2.00 bits per heavy atom. The molecule has 3 aromatic rings. The van der Waals surface area contributed by atoms with Crippen molar-refractivity contribution in [3.63, 3.8) is 0 Å². The summed E-state index contributed by atoms with van der Waals surface area (Å²) < 4.78 is 31.3. The SMILES string of the molecule is Cc1ccc(S(=O)(=O)N(C)CC(=O)NNC(=O)COc2ccc(C(=O)c3ccccc3)cc2)cc1. The lowest BCUT2D eigenvalue weighted by Crippen LogP contribution is -2.48. The van der Waals surface area contributed by atoms with Crippen molar-refractivity contribution in [2.24, 2.45) is 0 Å². The monoisotopic (exact) mass is 495 g/mol. The van der Waals surface area contributed by atoms with Gasteiger partial charge in [0.15, 0.2) is 12.4 Å². The molecule has 0 saturated carbocycles. The molecule has 2 N–H and O–H groups in total. The number of hydrazine groups is 1. The first-order chi connectivity index (χ1) is 16.7. The number of nitrogens with one attached hydrogen (secondary N) is 2. The summed E-state index contributed by atoms with van der Waals surface area (Å²) in [6, 6.07) is 21.4. The maximum absolute atomic E-state index is 12.5. The number of ketones is 1. The highest BCUT2D eigenvalue weighted by Crippen LogP contribution is 2.16. The zero-order valence-electron chi connectivity index (χ0n) is 19.2. The molecule has 0 saturated heterocycles. The number of rotatable bonds is 9. The molecule has 0 fully saturated rings. The van der Waals surface area contributed by atoms with Crippen LogP contribution in [0.15, 0.2) is 83.8 Å². The van der Waals surface area contributed by atoms with E-state index in [0.29, 0.717) is 16.9 Å². The van der Waals surface area contributed by atoms with Crippen LogP contribution < -0.4 is 15.6 Å². The van der Waals surface area contributed by atoms with Gasteiger partial charge in [0, 0.05) is 18.2 Å². The molecule has 0 aliphatic rings. The minimum Gasteiger partial charge on any atom is -0.484 e. The van der Waals surface area contributed by atoms with Crippen molar-refractivity contribution in [3.05, 3.63) is 95.6 Å². The van der Waals surface area contributed by atoms with Gasteiger partial charge in [-0.2, -0.15) is 4.31 Å². The largest absolute Gasteiger partial charge is 0.484 e. The third kappa shape index (κ3) is 6.98. The summed E-state index contributed by atoms with van der Waals surface area (Å²) in [4.78, 5) is 36.5. The van der Waals surface area contributed by atoms with Crippen molar-refractivity contribution in [1.29, 1.82) is 0 Å². The van der Waals surface area contributed by atoms with E-state index in [1.807, 2.05) is 13.0 Å². The number of amides is 2. The molecule has 0 bridgehead atoms.